The minimum Gasteiger partial charge on any atom is -0.402 e. The first-order chi connectivity index (χ1) is 6.89. The van der Waals surface area contributed by atoms with Crippen molar-refractivity contribution in [3.8, 4) is 0 Å². The molecule has 3 nitrogen and oxygen atoms in total. The van der Waals surface area contributed by atoms with Crippen LogP contribution in [0, 0.1) is 0 Å². The Kier molecular flexibility index (Phi) is 3.73. The predicted molar refractivity (Wildman–Crippen MR) is 46.4 cm³/mol. The Morgan fingerprint density at radius 3 is 2.07 bits per heavy atom. The molecule has 0 heterocycles. The van der Waals surface area contributed by atoms with Gasteiger partial charge in [0.25, 0.3) is 0 Å². The maximum absolute atomic E-state index is 12.1. The van der Waals surface area contributed by atoms with Crippen molar-refractivity contribution in [1.82, 2.24) is 0 Å². The van der Waals surface area contributed by atoms with Gasteiger partial charge in [-0.2, -0.15) is 13.2 Å². The lowest BCUT2D eigenvalue weighted by atomic mass is 10.1. The van der Waals surface area contributed by atoms with Gasteiger partial charge in [0.2, 0.25) is 0 Å². The molecule has 0 amide bonds. The highest BCUT2D eigenvalue weighted by atomic mass is 19.4. The summed E-state index contributed by atoms with van der Waals surface area (Å²) in [5, 5.41) is 16.7. The molecule has 0 spiro atoms. The third kappa shape index (κ3) is 3.90. The van der Waals surface area contributed by atoms with Gasteiger partial charge in [0.05, 0.1) is 12.2 Å². The van der Waals surface area contributed by atoms with Crippen LogP contribution in [0.3, 0.4) is 0 Å². The molecular weight excluding hydrogens is 212 g/mol. The molecule has 1 rings (SSSR count). The van der Waals surface area contributed by atoms with Crippen molar-refractivity contribution < 1.29 is 27.9 Å². The molecular formula is C8H8BF3O3. The predicted octanol–water partition coefficient (Wildman–Crippen LogP) is 1.19. The highest BCUT2D eigenvalue weighted by Crippen LogP contribution is 2.29. The van der Waals surface area contributed by atoms with Crippen LogP contribution in [0.1, 0.15) is 11.1 Å². The van der Waals surface area contributed by atoms with Crippen LogP contribution in [0.2, 0.25) is 0 Å². The van der Waals surface area contributed by atoms with E-state index in [4.69, 9.17) is 10.0 Å². The van der Waals surface area contributed by atoms with Crippen LogP contribution in [0.4, 0.5) is 13.2 Å². The fraction of sp³-hybridized carbons (Fsp3) is 0.250. The molecule has 0 saturated carbocycles. The highest BCUT2D eigenvalue weighted by molar-refractivity contribution is 6.32. The van der Waals surface area contributed by atoms with E-state index in [-0.39, 0.29) is 6.61 Å². The molecule has 0 aliphatic carbocycles. The van der Waals surface area contributed by atoms with Crippen LogP contribution in [0.15, 0.2) is 24.3 Å². The first-order valence-electron chi connectivity index (χ1n) is 4.03. The number of benzene rings is 1. The van der Waals surface area contributed by atoms with Crippen molar-refractivity contribution >= 4 is 7.32 Å². The Hall–Kier alpha value is -1.05. The lowest BCUT2D eigenvalue weighted by Crippen LogP contribution is -2.16. The number of hydrogen-bond acceptors (Lipinski definition) is 3. The first kappa shape index (κ1) is 12.0. The molecule has 1 aromatic carbocycles. The Morgan fingerprint density at radius 1 is 1.13 bits per heavy atom. The van der Waals surface area contributed by atoms with Gasteiger partial charge in [-0.15, -0.1) is 0 Å². The summed E-state index contributed by atoms with van der Waals surface area (Å²) in [4.78, 5) is 0. The van der Waals surface area contributed by atoms with E-state index < -0.39 is 19.1 Å². The number of rotatable bonds is 3. The third-order valence-corrected chi connectivity index (χ3v) is 1.68. The number of halogens is 3. The van der Waals surface area contributed by atoms with E-state index in [9.17, 15) is 13.2 Å². The van der Waals surface area contributed by atoms with Crippen LogP contribution >= 0.6 is 0 Å². The minimum absolute atomic E-state index is 0.157. The lowest BCUT2D eigenvalue weighted by molar-refractivity contribution is -0.137. The van der Waals surface area contributed by atoms with E-state index in [1.54, 1.807) is 0 Å². The summed E-state index contributed by atoms with van der Waals surface area (Å²) in [5.74, 6) is 0. The van der Waals surface area contributed by atoms with E-state index in [1.807, 2.05) is 0 Å². The molecule has 0 unspecified atom stereocenters. The lowest BCUT2D eigenvalue weighted by Gasteiger charge is -2.07. The molecule has 82 valence electrons. The average Bonchev–Trinajstić information content (AvgIpc) is 2.14. The highest BCUT2D eigenvalue weighted by Gasteiger charge is 2.29. The van der Waals surface area contributed by atoms with Crippen LogP contribution in [-0.2, 0) is 17.4 Å². The van der Waals surface area contributed by atoms with Crippen LogP contribution in [-0.4, -0.2) is 17.4 Å². The van der Waals surface area contributed by atoms with E-state index in [1.165, 1.54) is 12.1 Å². The summed E-state index contributed by atoms with van der Waals surface area (Å²) in [6.45, 7) is -0.157. The SMILES string of the molecule is OB(O)OCc1ccc(C(F)(F)F)cc1. The van der Waals surface area contributed by atoms with Crippen molar-refractivity contribution in [1.29, 1.82) is 0 Å². The van der Waals surface area contributed by atoms with Crippen LogP contribution in [0.25, 0.3) is 0 Å². The molecule has 0 saturated heterocycles. The van der Waals surface area contributed by atoms with Crippen molar-refractivity contribution in [3.63, 3.8) is 0 Å². The van der Waals surface area contributed by atoms with Gasteiger partial charge in [-0.05, 0) is 17.7 Å². The molecule has 0 aromatic heterocycles. The largest absolute Gasteiger partial charge is 0.634 e. The van der Waals surface area contributed by atoms with Gasteiger partial charge in [0, 0.05) is 0 Å². The molecule has 15 heavy (non-hydrogen) atoms. The van der Waals surface area contributed by atoms with Gasteiger partial charge in [0.1, 0.15) is 0 Å². The van der Waals surface area contributed by atoms with Gasteiger partial charge in [0.15, 0.2) is 0 Å². The second kappa shape index (κ2) is 4.65. The molecule has 0 fully saturated rings. The maximum Gasteiger partial charge on any atom is 0.634 e. The van der Waals surface area contributed by atoms with E-state index >= 15 is 0 Å². The zero-order valence-electron chi connectivity index (χ0n) is 7.53. The van der Waals surface area contributed by atoms with E-state index in [2.05, 4.69) is 4.65 Å². The van der Waals surface area contributed by atoms with E-state index in [0.717, 1.165) is 12.1 Å². The Morgan fingerprint density at radius 2 is 1.67 bits per heavy atom. The third-order valence-electron chi connectivity index (χ3n) is 1.68. The normalized spacial score (nSPS) is 11.5. The molecule has 2 N–H and O–H groups in total. The zero-order chi connectivity index (χ0) is 11.5. The fourth-order valence-corrected chi connectivity index (χ4v) is 0.961. The van der Waals surface area contributed by atoms with Gasteiger partial charge < -0.3 is 14.7 Å². The van der Waals surface area contributed by atoms with Gasteiger partial charge in [-0.25, -0.2) is 0 Å². The van der Waals surface area contributed by atoms with Gasteiger partial charge in [-0.1, -0.05) is 12.1 Å². The van der Waals surface area contributed by atoms with Crippen molar-refractivity contribution in [3.05, 3.63) is 35.4 Å². The van der Waals surface area contributed by atoms with Gasteiger partial charge in [-0.3, -0.25) is 0 Å². The quantitative estimate of drug-likeness (QED) is 0.752. The second-order valence-electron chi connectivity index (χ2n) is 2.83. The van der Waals surface area contributed by atoms with Crippen LogP contribution in [0.5, 0.6) is 0 Å². The van der Waals surface area contributed by atoms with Crippen molar-refractivity contribution in [2.75, 3.05) is 0 Å². The number of hydrogen-bond donors (Lipinski definition) is 2. The minimum atomic E-state index is -4.37. The maximum atomic E-state index is 12.1. The monoisotopic (exact) mass is 220 g/mol. The average molecular weight is 220 g/mol. The topological polar surface area (TPSA) is 49.7 Å². The molecule has 0 atom stereocenters. The Balaban J connectivity index is 2.65. The second-order valence-corrected chi connectivity index (χ2v) is 2.83. The standard InChI is InChI=1S/C8H8BF3O3/c10-8(11,12)7-3-1-6(2-4-7)5-15-9(13)14/h1-4,13-14H,5H2. The van der Waals surface area contributed by atoms with Crippen molar-refractivity contribution in [2.45, 2.75) is 12.8 Å². The molecule has 0 aliphatic heterocycles. The molecule has 0 aliphatic rings. The summed E-state index contributed by atoms with van der Waals surface area (Å²) >= 11 is 0. The summed E-state index contributed by atoms with van der Waals surface area (Å²) in [5.41, 5.74) is -0.327. The summed E-state index contributed by atoms with van der Waals surface area (Å²) in [6.07, 6.45) is -4.37. The molecule has 0 radical (unpaired) electrons. The van der Waals surface area contributed by atoms with Gasteiger partial charge >= 0.3 is 13.5 Å². The first-order valence-corrected chi connectivity index (χ1v) is 4.03. The van der Waals surface area contributed by atoms with Crippen LogP contribution < -0.4 is 0 Å². The summed E-state index contributed by atoms with van der Waals surface area (Å²) < 4.78 is 40.8. The number of alkyl halides is 3. The molecule has 0 bridgehead atoms. The summed E-state index contributed by atoms with van der Waals surface area (Å²) in [7, 11) is -1.92. The zero-order valence-corrected chi connectivity index (χ0v) is 7.53. The Bertz CT molecular complexity index is 310. The molecule has 7 heteroatoms. The van der Waals surface area contributed by atoms with Crippen molar-refractivity contribution in [2.24, 2.45) is 0 Å². The Labute approximate surface area is 84.3 Å². The fourth-order valence-electron chi connectivity index (χ4n) is 0.961. The summed E-state index contributed by atoms with van der Waals surface area (Å²) in [6, 6.07) is 4.24. The molecule has 1 aromatic rings. The van der Waals surface area contributed by atoms with E-state index in [0.29, 0.717) is 5.56 Å². The smallest absolute Gasteiger partial charge is 0.402 e.